The summed E-state index contributed by atoms with van der Waals surface area (Å²) in [5.74, 6) is -1.74. The summed E-state index contributed by atoms with van der Waals surface area (Å²) < 4.78 is 10.4. The van der Waals surface area contributed by atoms with E-state index in [1.807, 2.05) is 18.9 Å². The zero-order chi connectivity index (χ0) is 18.3. The van der Waals surface area contributed by atoms with Crippen LogP contribution in [-0.4, -0.2) is 78.5 Å². The number of ketones is 1. The van der Waals surface area contributed by atoms with Crippen LogP contribution in [0, 0.1) is 5.92 Å². The van der Waals surface area contributed by atoms with Crippen LogP contribution in [0.3, 0.4) is 0 Å². The van der Waals surface area contributed by atoms with Crippen LogP contribution in [0.15, 0.2) is 0 Å². The fourth-order valence-corrected chi connectivity index (χ4v) is 2.78. The van der Waals surface area contributed by atoms with E-state index < -0.39 is 24.1 Å². The molecule has 0 aliphatic carbocycles. The zero-order valence-corrected chi connectivity index (χ0v) is 15.1. The van der Waals surface area contributed by atoms with E-state index in [0.29, 0.717) is 6.42 Å². The number of cyclic esters (lactones) is 1. The lowest BCUT2D eigenvalue weighted by atomic mass is 9.99. The third-order valence-corrected chi connectivity index (χ3v) is 4.90. The summed E-state index contributed by atoms with van der Waals surface area (Å²) >= 11 is 0. The van der Waals surface area contributed by atoms with Crippen molar-refractivity contribution in [3.05, 3.63) is 0 Å². The Morgan fingerprint density at radius 3 is 2.50 bits per heavy atom. The fraction of sp³-hybridized carbons (Fsp3) is 0.882. The molecule has 1 heterocycles. The van der Waals surface area contributed by atoms with Gasteiger partial charge in [-0.3, -0.25) is 9.59 Å². The molecular weight excluding hydrogens is 314 g/mol. The molecule has 0 aromatic heterocycles. The highest BCUT2D eigenvalue weighted by atomic mass is 16.5. The Morgan fingerprint density at radius 1 is 1.21 bits per heavy atom. The van der Waals surface area contributed by atoms with Crippen molar-refractivity contribution in [2.24, 2.45) is 5.92 Å². The SMILES string of the molecule is CO[C@@H]1CCCN(C)[C@H](C)[C@@H](O)[C@H](O)COC(=O)[C@H](C)C(=O)CC1. The summed E-state index contributed by atoms with van der Waals surface area (Å²) in [4.78, 5) is 26.0. The quantitative estimate of drug-likeness (QED) is 0.523. The average Bonchev–Trinajstić information content (AvgIpc) is 2.58. The van der Waals surface area contributed by atoms with Gasteiger partial charge in [-0.1, -0.05) is 0 Å². The number of methoxy groups -OCH3 is 1. The average molecular weight is 345 g/mol. The number of rotatable bonds is 1. The standard InChI is InChI=1S/C17H31NO6/c1-11-14(19)8-7-13(23-4)6-5-9-18(3)12(2)16(21)15(20)10-24-17(11)22/h11-13,15-16,20-21H,5-10H2,1-4H3/t11-,12-,13-,15-,16-/m1/s1. The molecule has 5 atom stereocenters. The topological polar surface area (TPSA) is 96.3 Å². The van der Waals surface area contributed by atoms with Crippen molar-refractivity contribution in [1.82, 2.24) is 4.90 Å². The first kappa shape index (κ1) is 21.0. The zero-order valence-electron chi connectivity index (χ0n) is 15.1. The highest BCUT2D eigenvalue weighted by molar-refractivity contribution is 5.98. The minimum absolute atomic E-state index is 0.0403. The van der Waals surface area contributed by atoms with Crippen molar-refractivity contribution >= 4 is 11.8 Å². The lowest BCUT2D eigenvalue weighted by Gasteiger charge is -2.31. The van der Waals surface area contributed by atoms with Crippen LogP contribution >= 0.6 is 0 Å². The summed E-state index contributed by atoms with van der Waals surface area (Å²) in [5.41, 5.74) is 0. The number of carbonyl (C=O) groups excluding carboxylic acids is 2. The van der Waals surface area contributed by atoms with Crippen molar-refractivity contribution in [1.29, 1.82) is 0 Å². The first-order valence-electron chi connectivity index (χ1n) is 8.56. The first-order chi connectivity index (χ1) is 11.3. The number of esters is 1. The highest BCUT2D eigenvalue weighted by Crippen LogP contribution is 2.16. The van der Waals surface area contributed by atoms with Crippen molar-refractivity contribution in [3.8, 4) is 0 Å². The predicted molar refractivity (Wildman–Crippen MR) is 88.5 cm³/mol. The van der Waals surface area contributed by atoms with E-state index in [-0.39, 0.29) is 31.0 Å². The van der Waals surface area contributed by atoms with Gasteiger partial charge in [-0.15, -0.1) is 0 Å². The molecule has 1 saturated heterocycles. The van der Waals surface area contributed by atoms with Gasteiger partial charge in [0.15, 0.2) is 0 Å². The second-order valence-corrected chi connectivity index (χ2v) is 6.64. The molecule has 0 spiro atoms. The highest BCUT2D eigenvalue weighted by Gasteiger charge is 2.29. The molecule has 1 aliphatic heterocycles. The summed E-state index contributed by atoms with van der Waals surface area (Å²) in [6, 6.07) is -0.288. The van der Waals surface area contributed by atoms with Gasteiger partial charge in [-0.25, -0.2) is 0 Å². The smallest absolute Gasteiger partial charge is 0.316 e. The van der Waals surface area contributed by atoms with Crippen molar-refractivity contribution in [2.45, 2.75) is 63.9 Å². The number of hydrogen-bond acceptors (Lipinski definition) is 7. The number of nitrogens with zero attached hydrogens (tertiary/aromatic N) is 1. The van der Waals surface area contributed by atoms with Crippen molar-refractivity contribution in [2.75, 3.05) is 27.3 Å². The predicted octanol–water partition coefficient (Wildman–Crippen LogP) is 0.366. The van der Waals surface area contributed by atoms with Gasteiger partial charge < -0.3 is 24.6 Å². The van der Waals surface area contributed by atoms with E-state index in [1.165, 1.54) is 6.92 Å². The molecule has 0 saturated carbocycles. The molecule has 1 fully saturated rings. The summed E-state index contributed by atoms with van der Waals surface area (Å²) in [7, 11) is 3.49. The molecule has 140 valence electrons. The summed E-state index contributed by atoms with van der Waals surface area (Å²) in [6.07, 6.45) is 0.188. The molecule has 0 amide bonds. The number of hydrogen-bond donors (Lipinski definition) is 2. The van der Waals surface area contributed by atoms with Crippen LogP contribution in [0.25, 0.3) is 0 Å². The van der Waals surface area contributed by atoms with E-state index in [0.717, 1.165) is 19.4 Å². The molecule has 24 heavy (non-hydrogen) atoms. The molecule has 0 radical (unpaired) electrons. The van der Waals surface area contributed by atoms with Crippen LogP contribution in [0.4, 0.5) is 0 Å². The Labute approximate surface area is 143 Å². The van der Waals surface area contributed by atoms with Gasteiger partial charge in [0.05, 0.1) is 12.2 Å². The molecule has 1 rings (SSSR count). The van der Waals surface area contributed by atoms with E-state index in [9.17, 15) is 19.8 Å². The third kappa shape index (κ3) is 6.12. The number of aliphatic hydroxyl groups is 2. The molecule has 0 unspecified atom stereocenters. The fourth-order valence-electron chi connectivity index (χ4n) is 2.78. The molecule has 7 heteroatoms. The largest absolute Gasteiger partial charge is 0.462 e. The number of likely N-dealkylation sites (N-methyl/N-ethyl adjacent to an activating group) is 1. The lowest BCUT2D eigenvalue weighted by molar-refractivity contribution is -0.156. The van der Waals surface area contributed by atoms with E-state index >= 15 is 0 Å². The third-order valence-electron chi connectivity index (χ3n) is 4.90. The van der Waals surface area contributed by atoms with Gasteiger partial charge in [0.25, 0.3) is 0 Å². The molecule has 1 aliphatic rings. The Morgan fingerprint density at radius 2 is 1.88 bits per heavy atom. The lowest BCUT2D eigenvalue weighted by Crippen LogP contribution is -2.47. The number of aliphatic hydroxyl groups excluding tert-OH is 2. The van der Waals surface area contributed by atoms with Gasteiger partial charge >= 0.3 is 5.97 Å². The summed E-state index contributed by atoms with van der Waals surface area (Å²) in [5, 5.41) is 20.2. The van der Waals surface area contributed by atoms with E-state index in [1.54, 1.807) is 7.11 Å². The molecule has 7 nitrogen and oxygen atoms in total. The maximum atomic E-state index is 12.1. The monoisotopic (exact) mass is 345 g/mol. The molecule has 0 aromatic carbocycles. The van der Waals surface area contributed by atoms with Crippen molar-refractivity contribution < 1.29 is 29.3 Å². The maximum Gasteiger partial charge on any atom is 0.316 e. The second kappa shape index (κ2) is 10.1. The van der Waals surface area contributed by atoms with Crippen LogP contribution in [-0.2, 0) is 19.1 Å². The van der Waals surface area contributed by atoms with Gasteiger partial charge in [0, 0.05) is 19.6 Å². The van der Waals surface area contributed by atoms with Crippen LogP contribution < -0.4 is 0 Å². The number of carbonyl (C=O) groups is 2. The minimum atomic E-state index is -1.19. The Hall–Kier alpha value is -1.02. The second-order valence-electron chi connectivity index (χ2n) is 6.64. The number of ether oxygens (including phenoxy) is 2. The molecule has 0 aromatic rings. The van der Waals surface area contributed by atoms with Gasteiger partial charge in [-0.05, 0) is 46.7 Å². The maximum absolute atomic E-state index is 12.1. The van der Waals surface area contributed by atoms with Crippen LogP contribution in [0.1, 0.15) is 39.5 Å². The van der Waals surface area contributed by atoms with Gasteiger partial charge in [0.1, 0.15) is 24.4 Å². The first-order valence-corrected chi connectivity index (χ1v) is 8.56. The normalized spacial score (nSPS) is 35.8. The van der Waals surface area contributed by atoms with E-state index in [4.69, 9.17) is 9.47 Å². The molecular formula is C17H31NO6. The number of Topliss-reactive ketones (excluding diaryl/α,β-unsaturated/α-hetero) is 1. The Kier molecular flexibility index (Phi) is 8.83. The Bertz CT molecular complexity index is 416. The minimum Gasteiger partial charge on any atom is -0.462 e. The van der Waals surface area contributed by atoms with Crippen molar-refractivity contribution in [3.63, 3.8) is 0 Å². The Balaban J connectivity index is 2.82. The van der Waals surface area contributed by atoms with E-state index in [2.05, 4.69) is 0 Å². The molecule has 2 N–H and O–H groups in total. The van der Waals surface area contributed by atoms with Crippen LogP contribution in [0.2, 0.25) is 0 Å². The van der Waals surface area contributed by atoms with Gasteiger partial charge in [-0.2, -0.15) is 0 Å². The summed E-state index contributed by atoms with van der Waals surface area (Å²) in [6.45, 7) is 3.73. The van der Waals surface area contributed by atoms with Gasteiger partial charge in [0.2, 0.25) is 0 Å². The molecule has 0 bridgehead atoms. The van der Waals surface area contributed by atoms with Crippen LogP contribution in [0.5, 0.6) is 0 Å².